The second-order valence-electron chi connectivity index (χ2n) is 2.69. The molecule has 0 aliphatic carbocycles. The summed E-state index contributed by atoms with van der Waals surface area (Å²) in [5, 5.41) is 6.77. The van der Waals surface area contributed by atoms with Gasteiger partial charge in [0.1, 0.15) is 5.82 Å². The van der Waals surface area contributed by atoms with Crippen molar-refractivity contribution in [1.29, 1.82) is 0 Å². The molecule has 0 aliphatic rings. The lowest BCUT2D eigenvalue weighted by molar-refractivity contribution is 1.10. The molecule has 66 valence electrons. The fraction of sp³-hybridized carbons (Fsp3) is 0. The summed E-state index contributed by atoms with van der Waals surface area (Å²) in [5.41, 5.74) is 7.42. The Hall–Kier alpha value is -1.29. The summed E-state index contributed by atoms with van der Waals surface area (Å²) in [7, 11) is 0. The predicted octanol–water partition coefficient (Wildman–Crippen LogP) is 2.42. The average molecular weight is 238 g/mol. The van der Waals surface area contributed by atoms with Crippen molar-refractivity contribution in [2.75, 3.05) is 5.73 Å². The molecular weight excluding hydrogens is 230 g/mol. The topological polar surface area (TPSA) is 54.7 Å². The maximum Gasteiger partial charge on any atom is 0.119 e. The number of rotatable bonds is 1. The lowest BCUT2D eigenvalue weighted by Gasteiger charge is -1.97. The number of nitrogens with one attached hydrogen (secondary N) is 1. The fourth-order valence-corrected chi connectivity index (χ4v) is 1.63. The van der Waals surface area contributed by atoms with E-state index in [-0.39, 0.29) is 0 Å². The van der Waals surface area contributed by atoms with Gasteiger partial charge in [0.15, 0.2) is 0 Å². The van der Waals surface area contributed by atoms with E-state index in [1.807, 2.05) is 24.3 Å². The van der Waals surface area contributed by atoms with Gasteiger partial charge in [0, 0.05) is 16.1 Å². The van der Waals surface area contributed by atoms with Crippen LogP contribution in [0.5, 0.6) is 0 Å². The summed E-state index contributed by atoms with van der Waals surface area (Å²) in [4.78, 5) is 0. The van der Waals surface area contributed by atoms with Crippen molar-refractivity contribution in [1.82, 2.24) is 10.2 Å². The number of anilines is 1. The molecule has 0 aliphatic heterocycles. The third-order valence-electron chi connectivity index (χ3n) is 1.75. The molecule has 3 nitrogen and oxygen atoms in total. The highest BCUT2D eigenvalue weighted by molar-refractivity contribution is 9.10. The van der Waals surface area contributed by atoms with Gasteiger partial charge in [0.2, 0.25) is 0 Å². The molecule has 0 bridgehead atoms. The van der Waals surface area contributed by atoms with Gasteiger partial charge in [-0.05, 0) is 6.07 Å². The molecular formula is C9H8BrN3. The zero-order valence-electron chi connectivity index (χ0n) is 6.79. The highest BCUT2D eigenvalue weighted by atomic mass is 79.9. The Bertz CT molecular complexity index is 422. The summed E-state index contributed by atoms with van der Waals surface area (Å²) in [5.74, 6) is 0.575. The molecule has 2 rings (SSSR count). The van der Waals surface area contributed by atoms with Crippen molar-refractivity contribution in [2.24, 2.45) is 0 Å². The Kier molecular flexibility index (Phi) is 2.06. The van der Waals surface area contributed by atoms with Crippen LogP contribution in [0, 0.1) is 0 Å². The van der Waals surface area contributed by atoms with Gasteiger partial charge in [0.25, 0.3) is 0 Å². The molecule has 0 fully saturated rings. The van der Waals surface area contributed by atoms with Crippen LogP contribution in [0.2, 0.25) is 0 Å². The molecule has 0 unspecified atom stereocenters. The minimum Gasteiger partial charge on any atom is -0.384 e. The summed E-state index contributed by atoms with van der Waals surface area (Å²) >= 11 is 3.45. The van der Waals surface area contributed by atoms with E-state index in [2.05, 4.69) is 26.1 Å². The molecule has 0 atom stereocenters. The normalized spacial score (nSPS) is 10.2. The SMILES string of the molecule is Nc1cc(-c2ccccc2Br)n[nH]1. The van der Waals surface area contributed by atoms with E-state index in [0.29, 0.717) is 5.82 Å². The molecule has 1 aromatic carbocycles. The zero-order valence-corrected chi connectivity index (χ0v) is 8.38. The number of hydrogen-bond acceptors (Lipinski definition) is 2. The highest BCUT2D eigenvalue weighted by Gasteiger charge is 2.04. The van der Waals surface area contributed by atoms with Crippen molar-refractivity contribution in [2.45, 2.75) is 0 Å². The Morgan fingerprint density at radius 1 is 1.31 bits per heavy atom. The van der Waals surface area contributed by atoms with Crippen LogP contribution < -0.4 is 5.73 Å². The number of aromatic amines is 1. The molecule has 1 heterocycles. The summed E-state index contributed by atoms with van der Waals surface area (Å²) < 4.78 is 1.02. The summed E-state index contributed by atoms with van der Waals surface area (Å²) in [6, 6.07) is 9.69. The molecule has 0 amide bonds. The molecule has 0 spiro atoms. The number of H-pyrrole nitrogens is 1. The van der Waals surface area contributed by atoms with Crippen LogP contribution in [0.15, 0.2) is 34.8 Å². The number of aromatic nitrogens is 2. The quantitative estimate of drug-likeness (QED) is 0.801. The second kappa shape index (κ2) is 3.22. The van der Waals surface area contributed by atoms with Crippen LogP contribution in [-0.2, 0) is 0 Å². The molecule has 3 N–H and O–H groups in total. The van der Waals surface area contributed by atoms with E-state index in [1.54, 1.807) is 6.07 Å². The fourth-order valence-electron chi connectivity index (χ4n) is 1.14. The number of nitrogen functional groups attached to an aromatic ring is 1. The van der Waals surface area contributed by atoms with Gasteiger partial charge in [-0.3, -0.25) is 5.10 Å². The third kappa shape index (κ3) is 1.58. The third-order valence-corrected chi connectivity index (χ3v) is 2.44. The maximum absolute atomic E-state index is 5.53. The summed E-state index contributed by atoms with van der Waals surface area (Å²) in [6.07, 6.45) is 0. The van der Waals surface area contributed by atoms with Crippen molar-refractivity contribution < 1.29 is 0 Å². The van der Waals surface area contributed by atoms with Gasteiger partial charge in [-0.2, -0.15) is 5.10 Å². The van der Waals surface area contributed by atoms with Gasteiger partial charge in [-0.25, -0.2) is 0 Å². The number of nitrogens with zero attached hydrogens (tertiary/aromatic N) is 1. The largest absolute Gasteiger partial charge is 0.384 e. The second-order valence-corrected chi connectivity index (χ2v) is 3.54. The van der Waals surface area contributed by atoms with Crippen LogP contribution in [-0.4, -0.2) is 10.2 Å². The lowest BCUT2D eigenvalue weighted by atomic mass is 10.2. The minimum absolute atomic E-state index is 0.575. The number of benzene rings is 1. The first-order valence-corrected chi connectivity index (χ1v) is 4.62. The Labute approximate surface area is 84.1 Å². The van der Waals surface area contributed by atoms with E-state index >= 15 is 0 Å². The van der Waals surface area contributed by atoms with Crippen LogP contribution in [0.3, 0.4) is 0 Å². The van der Waals surface area contributed by atoms with E-state index in [1.165, 1.54) is 0 Å². The van der Waals surface area contributed by atoms with Crippen LogP contribution in [0.4, 0.5) is 5.82 Å². The molecule has 13 heavy (non-hydrogen) atoms. The van der Waals surface area contributed by atoms with E-state index in [0.717, 1.165) is 15.7 Å². The zero-order chi connectivity index (χ0) is 9.26. The van der Waals surface area contributed by atoms with Gasteiger partial charge in [0.05, 0.1) is 5.69 Å². The molecule has 0 radical (unpaired) electrons. The average Bonchev–Trinajstić information content (AvgIpc) is 2.53. The molecule has 0 saturated heterocycles. The first-order valence-electron chi connectivity index (χ1n) is 3.83. The van der Waals surface area contributed by atoms with E-state index in [4.69, 9.17) is 5.73 Å². The Balaban J connectivity index is 2.52. The van der Waals surface area contributed by atoms with E-state index < -0.39 is 0 Å². The number of halogens is 1. The smallest absolute Gasteiger partial charge is 0.119 e. The van der Waals surface area contributed by atoms with Crippen molar-refractivity contribution >= 4 is 21.7 Å². The molecule has 4 heteroatoms. The number of nitrogens with two attached hydrogens (primary N) is 1. The molecule has 0 saturated carbocycles. The highest BCUT2D eigenvalue weighted by Crippen LogP contribution is 2.26. The Morgan fingerprint density at radius 2 is 2.08 bits per heavy atom. The molecule has 2 aromatic rings. The van der Waals surface area contributed by atoms with Crippen LogP contribution >= 0.6 is 15.9 Å². The molecule has 1 aromatic heterocycles. The van der Waals surface area contributed by atoms with Crippen LogP contribution in [0.25, 0.3) is 11.3 Å². The first-order chi connectivity index (χ1) is 6.27. The first kappa shape index (κ1) is 8.31. The Morgan fingerprint density at radius 3 is 2.69 bits per heavy atom. The van der Waals surface area contributed by atoms with Crippen molar-refractivity contribution in [3.63, 3.8) is 0 Å². The monoisotopic (exact) mass is 237 g/mol. The number of hydrogen-bond donors (Lipinski definition) is 2. The van der Waals surface area contributed by atoms with Gasteiger partial charge in [-0.15, -0.1) is 0 Å². The van der Waals surface area contributed by atoms with Crippen molar-refractivity contribution in [3.8, 4) is 11.3 Å². The van der Waals surface area contributed by atoms with Gasteiger partial charge >= 0.3 is 0 Å². The van der Waals surface area contributed by atoms with E-state index in [9.17, 15) is 0 Å². The standard InChI is InChI=1S/C9H8BrN3/c10-7-4-2-1-3-6(7)8-5-9(11)13-12-8/h1-5H,(H3,11,12,13). The summed E-state index contributed by atoms with van der Waals surface area (Å²) in [6.45, 7) is 0. The lowest BCUT2D eigenvalue weighted by Crippen LogP contribution is -1.81. The maximum atomic E-state index is 5.53. The predicted molar refractivity (Wildman–Crippen MR) is 56.1 cm³/mol. The van der Waals surface area contributed by atoms with Crippen LogP contribution in [0.1, 0.15) is 0 Å². The minimum atomic E-state index is 0.575. The van der Waals surface area contributed by atoms with Gasteiger partial charge < -0.3 is 5.73 Å². The van der Waals surface area contributed by atoms with Gasteiger partial charge in [-0.1, -0.05) is 34.1 Å². The van der Waals surface area contributed by atoms with Crippen molar-refractivity contribution in [3.05, 3.63) is 34.8 Å².